The van der Waals surface area contributed by atoms with Gasteiger partial charge in [0.1, 0.15) is 0 Å². The van der Waals surface area contributed by atoms with E-state index in [1.165, 1.54) is 44.1 Å². The fourth-order valence-corrected chi connectivity index (χ4v) is 5.17. The summed E-state index contributed by atoms with van der Waals surface area (Å²) in [4.78, 5) is 13.5. The predicted octanol–water partition coefficient (Wildman–Crippen LogP) is 5.62. The van der Waals surface area contributed by atoms with Gasteiger partial charge in [0.2, 0.25) is 0 Å². The Morgan fingerprint density at radius 2 is 1.65 bits per heavy atom. The van der Waals surface area contributed by atoms with Crippen molar-refractivity contribution in [3.05, 3.63) is 69.8 Å². The number of rotatable bonds is 5. The number of nitrogens with zero attached hydrogens (tertiary/aromatic N) is 1. The molecular formula is C28H31NO2. The highest BCUT2D eigenvalue weighted by Gasteiger charge is 2.39. The number of hydrogen-bond donors (Lipinski definition) is 1. The topological polar surface area (TPSA) is 40.5 Å². The van der Waals surface area contributed by atoms with E-state index in [-0.39, 0.29) is 6.42 Å². The Labute approximate surface area is 185 Å². The van der Waals surface area contributed by atoms with Gasteiger partial charge in [-0.15, -0.1) is 0 Å². The molecule has 0 spiro atoms. The molecule has 3 aliphatic carbocycles. The summed E-state index contributed by atoms with van der Waals surface area (Å²) in [6.07, 6.45) is 7.90. The largest absolute Gasteiger partial charge is 0.481 e. The van der Waals surface area contributed by atoms with E-state index in [0.717, 1.165) is 22.7 Å². The van der Waals surface area contributed by atoms with E-state index in [4.69, 9.17) is 5.11 Å². The highest BCUT2D eigenvalue weighted by molar-refractivity contribution is 5.70. The minimum atomic E-state index is -0.805. The van der Waals surface area contributed by atoms with Crippen LogP contribution in [0.1, 0.15) is 96.7 Å². The van der Waals surface area contributed by atoms with E-state index in [9.17, 15) is 4.79 Å². The lowest BCUT2D eigenvalue weighted by atomic mass is 9.76. The Bertz CT molecular complexity index is 1030. The molecule has 0 saturated heterocycles. The number of fused-ring (bicyclic) bond motifs is 1. The van der Waals surface area contributed by atoms with E-state index in [1.807, 2.05) is 24.3 Å². The van der Waals surface area contributed by atoms with E-state index in [0.29, 0.717) is 17.9 Å². The first-order chi connectivity index (χ1) is 15.0. The molecule has 2 aromatic rings. The van der Waals surface area contributed by atoms with Crippen molar-refractivity contribution in [1.29, 1.82) is 0 Å². The Morgan fingerprint density at radius 1 is 0.968 bits per heavy atom. The third-order valence-electron chi connectivity index (χ3n) is 7.27. The van der Waals surface area contributed by atoms with Gasteiger partial charge in [0.15, 0.2) is 0 Å². The number of hydrogen-bond acceptors (Lipinski definition) is 2. The minimum absolute atomic E-state index is 0.0532. The van der Waals surface area contributed by atoms with Crippen LogP contribution in [0.25, 0.3) is 0 Å². The van der Waals surface area contributed by atoms with Crippen molar-refractivity contribution in [2.45, 2.75) is 75.8 Å². The van der Waals surface area contributed by atoms with Crippen molar-refractivity contribution in [3.8, 4) is 11.8 Å². The maximum atomic E-state index is 10.9. The summed E-state index contributed by atoms with van der Waals surface area (Å²) in [5.41, 5.74) is 7.56. The highest BCUT2D eigenvalue weighted by atomic mass is 16.4. The summed E-state index contributed by atoms with van der Waals surface area (Å²) in [6, 6.07) is 13.6. The molecule has 0 heterocycles. The van der Waals surface area contributed by atoms with Gasteiger partial charge in [-0.1, -0.05) is 30.9 Å². The van der Waals surface area contributed by atoms with E-state index < -0.39 is 5.97 Å². The molecule has 0 aliphatic heterocycles. The number of aliphatic carboxylic acids is 1. The molecule has 31 heavy (non-hydrogen) atoms. The van der Waals surface area contributed by atoms with Crippen LogP contribution < -0.4 is 0 Å². The lowest BCUT2D eigenvalue weighted by molar-refractivity contribution is -0.136. The van der Waals surface area contributed by atoms with E-state index in [1.54, 1.807) is 11.1 Å². The highest BCUT2D eigenvalue weighted by Crippen LogP contribution is 2.51. The minimum Gasteiger partial charge on any atom is -0.481 e. The quantitative estimate of drug-likeness (QED) is 0.647. The Hall–Kier alpha value is -2.57. The lowest BCUT2D eigenvalue weighted by Gasteiger charge is -2.38. The third kappa shape index (κ3) is 4.41. The molecule has 3 aliphatic rings. The Kier molecular flexibility index (Phi) is 5.36. The second-order valence-corrected chi connectivity index (χ2v) is 9.75. The van der Waals surface area contributed by atoms with Gasteiger partial charge < -0.3 is 5.11 Å². The summed E-state index contributed by atoms with van der Waals surface area (Å²) in [6.45, 7) is 2.38. The smallest absolute Gasteiger partial charge is 0.307 e. The summed E-state index contributed by atoms with van der Waals surface area (Å²) >= 11 is 0. The number of carbonyl (C=O) groups is 1. The summed E-state index contributed by atoms with van der Waals surface area (Å²) in [5, 5.41) is 8.94. The van der Waals surface area contributed by atoms with Crippen LogP contribution in [0.3, 0.4) is 0 Å². The molecule has 2 fully saturated rings. The SMILES string of the molecule is CC1CCC(N(C)C2CC2)c2c1cc(C#Cc1ccc(CC(=O)O)cc1)cc2C1CC1. The first-order valence-electron chi connectivity index (χ1n) is 11.7. The van der Waals surface area contributed by atoms with Crippen molar-refractivity contribution < 1.29 is 9.90 Å². The zero-order valence-electron chi connectivity index (χ0n) is 18.5. The molecular weight excluding hydrogens is 382 g/mol. The van der Waals surface area contributed by atoms with Crippen molar-refractivity contribution >= 4 is 5.97 Å². The van der Waals surface area contributed by atoms with Crippen molar-refractivity contribution in [2.24, 2.45) is 0 Å². The third-order valence-corrected chi connectivity index (χ3v) is 7.27. The first kappa shape index (κ1) is 20.3. The molecule has 0 bridgehead atoms. The van der Waals surface area contributed by atoms with Crippen LogP contribution in [0.15, 0.2) is 36.4 Å². The predicted molar refractivity (Wildman–Crippen MR) is 123 cm³/mol. The molecule has 160 valence electrons. The number of carboxylic acid groups (broad SMARTS) is 1. The number of benzene rings is 2. The van der Waals surface area contributed by atoms with Crippen LogP contribution >= 0.6 is 0 Å². The normalized spacial score (nSPS) is 22.5. The molecule has 0 amide bonds. The van der Waals surface area contributed by atoms with Gasteiger partial charge in [0.25, 0.3) is 0 Å². The maximum absolute atomic E-state index is 10.9. The number of carboxylic acids is 1. The van der Waals surface area contributed by atoms with Crippen LogP contribution in [-0.4, -0.2) is 29.1 Å². The molecule has 3 nitrogen and oxygen atoms in total. The summed E-state index contributed by atoms with van der Waals surface area (Å²) < 4.78 is 0. The van der Waals surface area contributed by atoms with Crippen molar-refractivity contribution in [1.82, 2.24) is 4.90 Å². The zero-order chi connectivity index (χ0) is 21.5. The molecule has 5 rings (SSSR count). The van der Waals surface area contributed by atoms with Gasteiger partial charge in [-0.3, -0.25) is 9.69 Å². The average Bonchev–Trinajstić information content (AvgIpc) is 3.65. The molecule has 0 aromatic heterocycles. The maximum Gasteiger partial charge on any atom is 0.307 e. The molecule has 2 saturated carbocycles. The van der Waals surface area contributed by atoms with Crippen LogP contribution in [0.2, 0.25) is 0 Å². The second-order valence-electron chi connectivity index (χ2n) is 9.75. The van der Waals surface area contributed by atoms with Gasteiger partial charge in [-0.05, 0) is 104 Å². The standard InChI is InChI=1S/C28H31NO2/c1-18-3-14-26(29(2)23-12-13-23)28-24(18)15-21(16-25(28)22-10-11-22)9-6-19-4-7-20(8-5-19)17-27(30)31/h4-5,7-8,15-16,18,22-23,26H,3,10-14,17H2,1-2H3,(H,30,31). The molecule has 2 aromatic carbocycles. The molecule has 2 unspecified atom stereocenters. The zero-order valence-corrected chi connectivity index (χ0v) is 18.5. The van der Waals surface area contributed by atoms with Crippen molar-refractivity contribution in [2.75, 3.05) is 7.05 Å². The first-order valence-corrected chi connectivity index (χ1v) is 11.7. The van der Waals surface area contributed by atoms with E-state index in [2.05, 4.69) is 42.8 Å². The van der Waals surface area contributed by atoms with Gasteiger partial charge in [-0.25, -0.2) is 0 Å². The molecule has 3 heteroatoms. The monoisotopic (exact) mass is 413 g/mol. The van der Waals surface area contributed by atoms with Crippen LogP contribution in [0.5, 0.6) is 0 Å². The van der Waals surface area contributed by atoms with Crippen LogP contribution in [0.4, 0.5) is 0 Å². The molecule has 1 N–H and O–H groups in total. The van der Waals surface area contributed by atoms with Gasteiger partial charge >= 0.3 is 5.97 Å². The summed E-state index contributed by atoms with van der Waals surface area (Å²) in [5.74, 6) is 7.22. The Morgan fingerprint density at radius 3 is 2.29 bits per heavy atom. The summed E-state index contributed by atoms with van der Waals surface area (Å²) in [7, 11) is 2.33. The fraction of sp³-hybridized carbons (Fsp3) is 0.464. The lowest BCUT2D eigenvalue weighted by Crippen LogP contribution is -2.31. The van der Waals surface area contributed by atoms with Gasteiger partial charge in [0.05, 0.1) is 6.42 Å². The average molecular weight is 414 g/mol. The fourth-order valence-electron chi connectivity index (χ4n) is 5.17. The van der Waals surface area contributed by atoms with Crippen LogP contribution in [0, 0.1) is 11.8 Å². The Balaban J connectivity index is 1.47. The second kappa shape index (κ2) is 8.17. The molecule has 2 atom stereocenters. The van der Waals surface area contributed by atoms with E-state index >= 15 is 0 Å². The van der Waals surface area contributed by atoms with Gasteiger partial charge in [-0.2, -0.15) is 0 Å². The molecule has 0 radical (unpaired) electrons. The van der Waals surface area contributed by atoms with Crippen LogP contribution in [-0.2, 0) is 11.2 Å². The van der Waals surface area contributed by atoms with Gasteiger partial charge in [0, 0.05) is 23.2 Å². The van der Waals surface area contributed by atoms with Crippen molar-refractivity contribution in [3.63, 3.8) is 0 Å².